The Kier molecular flexibility index (Phi) is 4.59. The topological polar surface area (TPSA) is 64.9 Å². The second-order valence-electron chi connectivity index (χ2n) is 5.38. The molecule has 0 heterocycles. The summed E-state index contributed by atoms with van der Waals surface area (Å²) in [6.07, 6.45) is -1.30. The van der Waals surface area contributed by atoms with Crippen molar-refractivity contribution in [2.45, 2.75) is 37.4 Å². The van der Waals surface area contributed by atoms with E-state index in [9.17, 15) is 18.0 Å². The van der Waals surface area contributed by atoms with Gasteiger partial charge in [0, 0.05) is 5.69 Å². The smallest absolute Gasteiger partial charge is 0.376 e. The Bertz CT molecular complexity index is 569. The van der Waals surface area contributed by atoms with E-state index < -0.39 is 17.3 Å². The normalized spacial score (nSPS) is 16.8. The Morgan fingerprint density at radius 1 is 1.23 bits per heavy atom. The number of nitrogens with one attached hydrogen (secondary N) is 2. The van der Waals surface area contributed by atoms with Crippen LogP contribution in [0.3, 0.4) is 0 Å². The standard InChI is InChI=1S/C15H16F3N3O/c16-15(17,18)11-3-5-12(6-4-11)20-9-13(22)21-14(10-19)7-1-2-8-14/h3-6,20H,1-2,7-9H2,(H,21,22). The number of hydrogen-bond acceptors (Lipinski definition) is 3. The van der Waals surface area contributed by atoms with Crippen LogP contribution in [0.1, 0.15) is 31.2 Å². The van der Waals surface area contributed by atoms with E-state index in [1.54, 1.807) is 0 Å². The number of alkyl halides is 3. The molecule has 118 valence electrons. The Morgan fingerprint density at radius 3 is 2.32 bits per heavy atom. The zero-order valence-corrected chi connectivity index (χ0v) is 11.8. The van der Waals surface area contributed by atoms with Crippen LogP contribution in [0.2, 0.25) is 0 Å². The number of benzene rings is 1. The molecule has 1 aromatic rings. The fourth-order valence-corrected chi connectivity index (χ4v) is 2.51. The van der Waals surface area contributed by atoms with E-state index in [1.807, 2.05) is 0 Å². The second-order valence-corrected chi connectivity index (χ2v) is 5.38. The molecule has 2 rings (SSSR count). The minimum absolute atomic E-state index is 0.0885. The Balaban J connectivity index is 1.87. The van der Waals surface area contributed by atoms with E-state index in [2.05, 4.69) is 16.7 Å². The lowest BCUT2D eigenvalue weighted by Gasteiger charge is -2.22. The first-order chi connectivity index (χ1) is 10.3. The molecule has 0 aliphatic heterocycles. The third-order valence-electron chi connectivity index (χ3n) is 3.72. The lowest BCUT2D eigenvalue weighted by atomic mass is 10.00. The number of anilines is 1. The quantitative estimate of drug-likeness (QED) is 0.898. The summed E-state index contributed by atoms with van der Waals surface area (Å²) in [5, 5.41) is 14.6. The predicted molar refractivity (Wildman–Crippen MR) is 74.9 cm³/mol. The van der Waals surface area contributed by atoms with E-state index in [1.165, 1.54) is 12.1 Å². The largest absolute Gasteiger partial charge is 0.416 e. The van der Waals surface area contributed by atoms with Gasteiger partial charge in [0.25, 0.3) is 0 Å². The van der Waals surface area contributed by atoms with Crippen molar-refractivity contribution in [1.82, 2.24) is 5.32 Å². The van der Waals surface area contributed by atoms with Crippen molar-refractivity contribution in [3.63, 3.8) is 0 Å². The minimum atomic E-state index is -4.38. The van der Waals surface area contributed by atoms with Gasteiger partial charge in [-0.25, -0.2) is 0 Å². The zero-order valence-electron chi connectivity index (χ0n) is 11.8. The summed E-state index contributed by atoms with van der Waals surface area (Å²) >= 11 is 0. The highest BCUT2D eigenvalue weighted by atomic mass is 19.4. The van der Waals surface area contributed by atoms with Crippen molar-refractivity contribution in [2.75, 3.05) is 11.9 Å². The summed E-state index contributed by atoms with van der Waals surface area (Å²) in [5.41, 5.74) is -1.11. The number of nitrogens with zero attached hydrogens (tertiary/aromatic N) is 1. The van der Waals surface area contributed by atoms with Gasteiger partial charge >= 0.3 is 6.18 Å². The van der Waals surface area contributed by atoms with Crippen LogP contribution in [-0.2, 0) is 11.0 Å². The summed E-state index contributed by atoms with van der Waals surface area (Å²) in [7, 11) is 0. The van der Waals surface area contributed by atoms with E-state index in [0.717, 1.165) is 25.0 Å². The number of amides is 1. The Labute approximate surface area is 126 Å². The number of halogens is 3. The highest BCUT2D eigenvalue weighted by Crippen LogP contribution is 2.30. The third kappa shape index (κ3) is 3.91. The van der Waals surface area contributed by atoms with Gasteiger partial charge < -0.3 is 10.6 Å². The summed E-state index contributed by atoms with van der Waals surface area (Å²) in [5.74, 6) is -0.344. The molecule has 0 atom stereocenters. The molecule has 1 fully saturated rings. The molecule has 2 N–H and O–H groups in total. The van der Waals surface area contributed by atoms with Gasteiger partial charge in [0.15, 0.2) is 0 Å². The molecule has 0 radical (unpaired) electrons. The minimum Gasteiger partial charge on any atom is -0.376 e. The molecule has 1 aromatic carbocycles. The van der Waals surface area contributed by atoms with Crippen LogP contribution in [0, 0.1) is 11.3 Å². The second kappa shape index (κ2) is 6.26. The first-order valence-corrected chi connectivity index (χ1v) is 6.98. The number of rotatable bonds is 4. The van der Waals surface area contributed by atoms with Gasteiger partial charge in [-0.2, -0.15) is 18.4 Å². The maximum atomic E-state index is 12.4. The fourth-order valence-electron chi connectivity index (χ4n) is 2.51. The van der Waals surface area contributed by atoms with Gasteiger partial charge in [0.05, 0.1) is 18.2 Å². The van der Waals surface area contributed by atoms with Crippen LogP contribution >= 0.6 is 0 Å². The van der Waals surface area contributed by atoms with E-state index >= 15 is 0 Å². The van der Waals surface area contributed by atoms with Crippen molar-refractivity contribution in [3.05, 3.63) is 29.8 Å². The maximum Gasteiger partial charge on any atom is 0.416 e. The molecule has 0 bridgehead atoms. The number of carbonyl (C=O) groups is 1. The molecule has 1 aliphatic rings. The van der Waals surface area contributed by atoms with Crippen LogP contribution < -0.4 is 10.6 Å². The molecule has 0 aromatic heterocycles. The zero-order chi connectivity index (χ0) is 16.2. The number of hydrogen-bond donors (Lipinski definition) is 2. The summed E-state index contributed by atoms with van der Waals surface area (Å²) in [4.78, 5) is 11.9. The SMILES string of the molecule is N#CC1(NC(=O)CNc2ccc(C(F)(F)F)cc2)CCCC1. The van der Waals surface area contributed by atoms with Crippen molar-refractivity contribution < 1.29 is 18.0 Å². The van der Waals surface area contributed by atoms with Gasteiger partial charge in [-0.3, -0.25) is 4.79 Å². The van der Waals surface area contributed by atoms with Crippen molar-refractivity contribution >= 4 is 11.6 Å². The molecule has 1 amide bonds. The van der Waals surface area contributed by atoms with Crippen LogP contribution in [0.15, 0.2) is 24.3 Å². The average molecular weight is 311 g/mol. The molecule has 0 unspecified atom stereocenters. The Morgan fingerprint density at radius 2 is 1.82 bits per heavy atom. The van der Waals surface area contributed by atoms with Crippen LogP contribution in [-0.4, -0.2) is 18.0 Å². The average Bonchev–Trinajstić information content (AvgIpc) is 2.94. The molecule has 22 heavy (non-hydrogen) atoms. The number of carbonyl (C=O) groups excluding carboxylic acids is 1. The molecule has 0 spiro atoms. The summed E-state index contributed by atoms with van der Waals surface area (Å²) < 4.78 is 37.3. The molecule has 0 saturated heterocycles. The van der Waals surface area contributed by atoms with E-state index in [-0.39, 0.29) is 12.5 Å². The van der Waals surface area contributed by atoms with E-state index in [0.29, 0.717) is 18.5 Å². The molecule has 1 aliphatic carbocycles. The summed E-state index contributed by atoms with van der Waals surface area (Å²) in [6, 6.07) is 6.59. The fraction of sp³-hybridized carbons (Fsp3) is 0.467. The molecule has 4 nitrogen and oxygen atoms in total. The molecule has 7 heteroatoms. The highest BCUT2D eigenvalue weighted by molar-refractivity contribution is 5.81. The predicted octanol–water partition coefficient (Wildman–Crippen LogP) is 3.07. The van der Waals surface area contributed by atoms with Gasteiger partial charge in [0.1, 0.15) is 5.54 Å². The molecule has 1 saturated carbocycles. The van der Waals surface area contributed by atoms with Gasteiger partial charge in [-0.1, -0.05) is 0 Å². The van der Waals surface area contributed by atoms with Crippen molar-refractivity contribution in [1.29, 1.82) is 5.26 Å². The monoisotopic (exact) mass is 311 g/mol. The highest BCUT2D eigenvalue weighted by Gasteiger charge is 2.35. The van der Waals surface area contributed by atoms with Gasteiger partial charge in [-0.15, -0.1) is 0 Å². The van der Waals surface area contributed by atoms with Crippen LogP contribution in [0.25, 0.3) is 0 Å². The van der Waals surface area contributed by atoms with Crippen molar-refractivity contribution in [3.8, 4) is 6.07 Å². The van der Waals surface area contributed by atoms with Crippen LogP contribution in [0.5, 0.6) is 0 Å². The third-order valence-corrected chi connectivity index (χ3v) is 3.72. The lowest BCUT2D eigenvalue weighted by Crippen LogP contribution is -2.47. The van der Waals surface area contributed by atoms with Gasteiger partial charge in [0.2, 0.25) is 5.91 Å². The maximum absolute atomic E-state index is 12.4. The van der Waals surface area contributed by atoms with Crippen LogP contribution in [0.4, 0.5) is 18.9 Å². The van der Waals surface area contributed by atoms with Crippen molar-refractivity contribution in [2.24, 2.45) is 0 Å². The number of nitriles is 1. The summed E-state index contributed by atoms with van der Waals surface area (Å²) in [6.45, 7) is -0.0885. The van der Waals surface area contributed by atoms with Gasteiger partial charge in [-0.05, 0) is 49.9 Å². The Hall–Kier alpha value is -2.23. The first-order valence-electron chi connectivity index (χ1n) is 6.98. The van der Waals surface area contributed by atoms with E-state index in [4.69, 9.17) is 5.26 Å². The molecular formula is C15H16F3N3O. The molecular weight excluding hydrogens is 295 g/mol. The lowest BCUT2D eigenvalue weighted by molar-refractivity contribution is -0.137. The first kappa shape index (κ1) is 16.1.